The van der Waals surface area contributed by atoms with E-state index in [2.05, 4.69) is 30.3 Å². The molecule has 0 spiro atoms. The van der Waals surface area contributed by atoms with Crippen LogP contribution in [0.15, 0.2) is 65.9 Å². The van der Waals surface area contributed by atoms with Crippen molar-refractivity contribution in [2.75, 3.05) is 7.11 Å². The maximum Gasteiger partial charge on any atom is 0.109 e. The van der Waals surface area contributed by atoms with Gasteiger partial charge in [0.15, 0.2) is 0 Å². The van der Waals surface area contributed by atoms with Crippen LogP contribution in [0.25, 0.3) is 11.1 Å². The fourth-order valence-corrected chi connectivity index (χ4v) is 2.38. The lowest BCUT2D eigenvalue weighted by atomic mass is 9.99. The van der Waals surface area contributed by atoms with Crippen molar-refractivity contribution >= 4 is 0 Å². The zero-order valence-corrected chi connectivity index (χ0v) is 12.5. The molecule has 2 nitrogen and oxygen atoms in total. The Morgan fingerprint density at radius 3 is 2.38 bits per heavy atom. The van der Waals surface area contributed by atoms with E-state index < -0.39 is 0 Å². The van der Waals surface area contributed by atoms with E-state index in [9.17, 15) is 5.26 Å². The molecule has 2 aromatic rings. The third-order valence-corrected chi connectivity index (χ3v) is 3.45. The summed E-state index contributed by atoms with van der Waals surface area (Å²) in [6, 6.07) is 20.8. The fraction of sp³-hybridized carbons (Fsp3) is 0.211. The standard InChI is InChI=1S/C19H19NO/c1-3-19(21-2)18(14-20)13-15-8-7-11-17(12-15)16-9-5-4-6-10-16/h4-12H,3,13H2,1-2H3/b19-18+. The highest BCUT2D eigenvalue weighted by molar-refractivity contribution is 5.64. The lowest BCUT2D eigenvalue weighted by molar-refractivity contribution is 0.276. The average Bonchev–Trinajstić information content (AvgIpc) is 2.56. The average molecular weight is 277 g/mol. The molecule has 0 saturated heterocycles. The van der Waals surface area contributed by atoms with Gasteiger partial charge in [-0.3, -0.25) is 0 Å². The molecule has 2 rings (SSSR count). The number of hydrogen-bond acceptors (Lipinski definition) is 2. The van der Waals surface area contributed by atoms with Crippen LogP contribution in [0, 0.1) is 11.3 Å². The molecule has 0 heterocycles. The van der Waals surface area contributed by atoms with Crippen LogP contribution in [-0.2, 0) is 11.2 Å². The van der Waals surface area contributed by atoms with Crippen molar-refractivity contribution in [2.24, 2.45) is 0 Å². The van der Waals surface area contributed by atoms with Gasteiger partial charge in [0.25, 0.3) is 0 Å². The highest BCUT2D eigenvalue weighted by Gasteiger charge is 2.07. The van der Waals surface area contributed by atoms with E-state index in [0.29, 0.717) is 12.0 Å². The van der Waals surface area contributed by atoms with Gasteiger partial charge in [0, 0.05) is 12.8 Å². The number of benzene rings is 2. The van der Waals surface area contributed by atoms with E-state index in [0.717, 1.165) is 17.7 Å². The lowest BCUT2D eigenvalue weighted by Gasteiger charge is -2.09. The van der Waals surface area contributed by atoms with Gasteiger partial charge in [-0.25, -0.2) is 0 Å². The van der Waals surface area contributed by atoms with E-state index >= 15 is 0 Å². The zero-order chi connectivity index (χ0) is 15.1. The Kier molecular flexibility index (Phi) is 5.17. The maximum absolute atomic E-state index is 9.32. The van der Waals surface area contributed by atoms with Gasteiger partial charge in [0.1, 0.15) is 5.76 Å². The minimum absolute atomic E-state index is 0.605. The summed E-state index contributed by atoms with van der Waals surface area (Å²) in [7, 11) is 1.62. The van der Waals surface area contributed by atoms with Gasteiger partial charge >= 0.3 is 0 Å². The van der Waals surface area contributed by atoms with Crippen LogP contribution in [0.2, 0.25) is 0 Å². The Labute approximate surface area is 126 Å². The molecule has 106 valence electrons. The Bertz CT molecular complexity index is 659. The minimum Gasteiger partial charge on any atom is -0.500 e. The van der Waals surface area contributed by atoms with Gasteiger partial charge in [-0.2, -0.15) is 5.26 Å². The first-order valence-electron chi connectivity index (χ1n) is 7.09. The quantitative estimate of drug-likeness (QED) is 0.584. The Morgan fingerprint density at radius 2 is 1.76 bits per heavy atom. The summed E-state index contributed by atoms with van der Waals surface area (Å²) < 4.78 is 5.30. The van der Waals surface area contributed by atoms with Crippen LogP contribution in [0.3, 0.4) is 0 Å². The lowest BCUT2D eigenvalue weighted by Crippen LogP contribution is -1.96. The number of nitriles is 1. The number of ether oxygens (including phenoxy) is 1. The SMILES string of the molecule is CC/C(OC)=C(\C#N)Cc1cccc(-c2ccccc2)c1. The summed E-state index contributed by atoms with van der Waals surface area (Å²) >= 11 is 0. The zero-order valence-electron chi connectivity index (χ0n) is 12.5. The van der Waals surface area contributed by atoms with Crippen LogP contribution in [0.1, 0.15) is 18.9 Å². The molecule has 2 aromatic carbocycles. The van der Waals surface area contributed by atoms with Crippen molar-refractivity contribution in [1.82, 2.24) is 0 Å². The molecular formula is C19H19NO. The van der Waals surface area contributed by atoms with E-state index in [-0.39, 0.29) is 0 Å². The molecule has 0 aromatic heterocycles. The molecule has 0 bridgehead atoms. The molecule has 0 unspecified atom stereocenters. The van der Waals surface area contributed by atoms with E-state index in [1.807, 2.05) is 37.3 Å². The van der Waals surface area contributed by atoms with Gasteiger partial charge < -0.3 is 4.74 Å². The second-order valence-corrected chi connectivity index (χ2v) is 4.81. The number of methoxy groups -OCH3 is 1. The van der Waals surface area contributed by atoms with Gasteiger partial charge in [-0.15, -0.1) is 0 Å². The van der Waals surface area contributed by atoms with Crippen molar-refractivity contribution in [3.05, 3.63) is 71.5 Å². The van der Waals surface area contributed by atoms with Crippen molar-refractivity contribution in [3.63, 3.8) is 0 Å². The summed E-state index contributed by atoms with van der Waals surface area (Å²) in [4.78, 5) is 0. The highest BCUT2D eigenvalue weighted by Crippen LogP contribution is 2.22. The van der Waals surface area contributed by atoms with E-state index in [4.69, 9.17) is 4.74 Å². The molecule has 0 saturated carbocycles. The van der Waals surface area contributed by atoms with Crippen LogP contribution >= 0.6 is 0 Å². The first-order valence-corrected chi connectivity index (χ1v) is 7.09. The summed E-state index contributed by atoms with van der Waals surface area (Å²) in [5.41, 5.74) is 4.17. The van der Waals surface area contributed by atoms with Crippen molar-refractivity contribution in [3.8, 4) is 17.2 Å². The second-order valence-electron chi connectivity index (χ2n) is 4.81. The monoisotopic (exact) mass is 277 g/mol. The molecule has 2 heteroatoms. The molecule has 0 fully saturated rings. The first-order chi connectivity index (χ1) is 10.3. The molecule has 0 amide bonds. The van der Waals surface area contributed by atoms with Gasteiger partial charge in [-0.05, 0) is 16.7 Å². The molecule has 0 aliphatic rings. The number of nitrogens with zero attached hydrogens (tertiary/aromatic N) is 1. The largest absolute Gasteiger partial charge is 0.500 e. The van der Waals surface area contributed by atoms with Crippen LogP contribution in [0.5, 0.6) is 0 Å². The van der Waals surface area contributed by atoms with E-state index in [1.165, 1.54) is 11.1 Å². The minimum atomic E-state index is 0.605. The topological polar surface area (TPSA) is 33.0 Å². The van der Waals surface area contributed by atoms with Crippen molar-refractivity contribution in [2.45, 2.75) is 19.8 Å². The first kappa shape index (κ1) is 14.9. The maximum atomic E-state index is 9.32. The molecular weight excluding hydrogens is 258 g/mol. The summed E-state index contributed by atoms with van der Waals surface area (Å²) in [5.74, 6) is 0.766. The van der Waals surface area contributed by atoms with Crippen LogP contribution in [-0.4, -0.2) is 7.11 Å². The molecule has 0 aliphatic carbocycles. The van der Waals surface area contributed by atoms with Gasteiger partial charge in [0.05, 0.1) is 18.8 Å². The van der Waals surface area contributed by atoms with Crippen LogP contribution in [0.4, 0.5) is 0 Å². The van der Waals surface area contributed by atoms with Crippen LogP contribution < -0.4 is 0 Å². The Morgan fingerprint density at radius 1 is 1.05 bits per heavy atom. The number of rotatable bonds is 5. The van der Waals surface area contributed by atoms with Gasteiger partial charge in [-0.1, -0.05) is 61.5 Å². The summed E-state index contributed by atoms with van der Waals surface area (Å²) in [6.45, 7) is 2.00. The summed E-state index contributed by atoms with van der Waals surface area (Å²) in [6.07, 6.45) is 1.34. The summed E-state index contributed by atoms with van der Waals surface area (Å²) in [5, 5.41) is 9.32. The predicted molar refractivity (Wildman–Crippen MR) is 85.5 cm³/mol. The molecule has 0 aliphatic heterocycles. The molecule has 0 radical (unpaired) electrons. The van der Waals surface area contributed by atoms with E-state index in [1.54, 1.807) is 7.11 Å². The number of hydrogen-bond donors (Lipinski definition) is 0. The van der Waals surface area contributed by atoms with Crippen molar-refractivity contribution < 1.29 is 4.74 Å². The smallest absolute Gasteiger partial charge is 0.109 e. The van der Waals surface area contributed by atoms with Crippen molar-refractivity contribution in [1.29, 1.82) is 5.26 Å². The predicted octanol–water partition coefficient (Wildman–Crippen LogP) is 4.73. The highest BCUT2D eigenvalue weighted by atomic mass is 16.5. The Hall–Kier alpha value is -2.53. The Balaban J connectivity index is 2.31. The third kappa shape index (κ3) is 3.73. The molecule has 0 atom stereocenters. The molecule has 21 heavy (non-hydrogen) atoms. The molecule has 0 N–H and O–H groups in total. The number of allylic oxidation sites excluding steroid dienone is 2. The van der Waals surface area contributed by atoms with Gasteiger partial charge in [0.2, 0.25) is 0 Å². The second kappa shape index (κ2) is 7.31. The fourth-order valence-electron chi connectivity index (χ4n) is 2.38. The third-order valence-electron chi connectivity index (χ3n) is 3.45. The normalized spacial score (nSPS) is 11.5.